The van der Waals surface area contributed by atoms with Gasteiger partial charge >= 0.3 is 0 Å². The summed E-state index contributed by atoms with van der Waals surface area (Å²) in [6.45, 7) is 5.03. The second-order valence-corrected chi connectivity index (χ2v) is 5.96. The number of allylic oxidation sites excluding steroid dienone is 1. The van der Waals surface area contributed by atoms with E-state index in [2.05, 4.69) is 66.5 Å². The van der Waals surface area contributed by atoms with Crippen LogP contribution in [0.5, 0.6) is 0 Å². The second-order valence-electron chi connectivity index (χ2n) is 5.96. The van der Waals surface area contributed by atoms with Gasteiger partial charge in [-0.05, 0) is 35.1 Å². The maximum Gasteiger partial charge on any atom is 0.0367 e. The summed E-state index contributed by atoms with van der Waals surface area (Å²) in [5, 5.41) is 3.76. The van der Waals surface area contributed by atoms with Gasteiger partial charge in [-0.2, -0.15) is 0 Å². The molecule has 0 radical (unpaired) electrons. The van der Waals surface area contributed by atoms with Crippen LogP contribution in [0.4, 0.5) is 0 Å². The molecule has 2 heterocycles. The lowest BCUT2D eigenvalue weighted by molar-refractivity contribution is 0.403. The van der Waals surface area contributed by atoms with E-state index in [-0.39, 0.29) is 5.41 Å². The predicted octanol–water partition coefficient (Wildman–Crippen LogP) is 3.75. The number of benzene rings is 2. The molecule has 0 aromatic heterocycles. The largest absolute Gasteiger partial charge is 0.308 e. The number of nitrogens with one attached hydrogen (secondary N) is 1. The Morgan fingerprint density at radius 1 is 1.10 bits per heavy atom. The molecule has 0 saturated heterocycles. The first-order valence-corrected chi connectivity index (χ1v) is 7.37. The average Bonchev–Trinajstić information content (AvgIpc) is 2.72. The number of fused-ring (bicyclic) bond motifs is 1. The van der Waals surface area contributed by atoms with Gasteiger partial charge in [0.15, 0.2) is 0 Å². The standard InChI is InChI=1S/C19H19N/c1-2-11-19-13-20-18(15-8-4-6-10-17(15)19)12-14-7-3-5-9-16(14)19/h2-10,18,20H,1,11-13H2. The highest BCUT2D eigenvalue weighted by atomic mass is 15.0. The fourth-order valence-electron chi connectivity index (χ4n) is 4.09. The minimum atomic E-state index is 0.0575. The first-order valence-electron chi connectivity index (χ1n) is 7.37. The van der Waals surface area contributed by atoms with Crippen LogP contribution in [-0.4, -0.2) is 6.54 Å². The molecule has 1 aliphatic carbocycles. The van der Waals surface area contributed by atoms with E-state index < -0.39 is 0 Å². The molecule has 20 heavy (non-hydrogen) atoms. The van der Waals surface area contributed by atoms with E-state index >= 15 is 0 Å². The average molecular weight is 261 g/mol. The SMILES string of the molecule is C=CCC12CNC(Cc3ccccc31)c1ccccc12. The molecule has 2 bridgehead atoms. The Morgan fingerprint density at radius 3 is 2.70 bits per heavy atom. The van der Waals surface area contributed by atoms with Gasteiger partial charge in [-0.1, -0.05) is 54.6 Å². The van der Waals surface area contributed by atoms with Crippen molar-refractivity contribution in [1.82, 2.24) is 5.32 Å². The van der Waals surface area contributed by atoms with Gasteiger partial charge in [0.05, 0.1) is 0 Å². The van der Waals surface area contributed by atoms with Crippen LogP contribution in [0, 0.1) is 0 Å². The summed E-state index contributed by atoms with van der Waals surface area (Å²) in [6.07, 6.45) is 4.15. The van der Waals surface area contributed by atoms with Gasteiger partial charge in [-0.15, -0.1) is 6.58 Å². The minimum Gasteiger partial charge on any atom is -0.308 e. The molecule has 0 amide bonds. The summed E-state index contributed by atoms with van der Waals surface area (Å²) in [5.41, 5.74) is 5.99. The Morgan fingerprint density at radius 2 is 1.85 bits per heavy atom. The molecule has 1 N–H and O–H groups in total. The first kappa shape index (κ1) is 11.9. The highest BCUT2D eigenvalue weighted by Gasteiger charge is 2.43. The van der Waals surface area contributed by atoms with Crippen molar-refractivity contribution in [3.8, 4) is 0 Å². The Labute approximate surface area is 120 Å². The number of hydrogen-bond acceptors (Lipinski definition) is 1. The Balaban J connectivity index is 2.06. The molecule has 2 aliphatic heterocycles. The van der Waals surface area contributed by atoms with E-state index in [0.717, 1.165) is 19.4 Å². The summed E-state index contributed by atoms with van der Waals surface area (Å²) < 4.78 is 0. The van der Waals surface area contributed by atoms with Crippen LogP contribution in [0.15, 0.2) is 61.2 Å². The maximum atomic E-state index is 4.01. The van der Waals surface area contributed by atoms with Gasteiger partial charge in [0.2, 0.25) is 0 Å². The summed E-state index contributed by atoms with van der Waals surface area (Å²) in [7, 11) is 0. The molecule has 2 unspecified atom stereocenters. The normalized spacial score (nSPS) is 26.5. The van der Waals surface area contributed by atoms with Gasteiger partial charge in [0.25, 0.3) is 0 Å². The number of hydrogen-bond donors (Lipinski definition) is 1. The molecule has 3 aliphatic rings. The summed E-state index contributed by atoms with van der Waals surface area (Å²) in [5.74, 6) is 0. The van der Waals surface area contributed by atoms with Crippen molar-refractivity contribution < 1.29 is 0 Å². The predicted molar refractivity (Wildman–Crippen MR) is 82.9 cm³/mol. The third kappa shape index (κ3) is 1.47. The van der Waals surface area contributed by atoms with Crippen LogP contribution in [-0.2, 0) is 11.8 Å². The lowest BCUT2D eigenvalue weighted by atomic mass is 9.69. The summed E-state index contributed by atoms with van der Waals surface area (Å²) in [6, 6.07) is 18.3. The monoisotopic (exact) mass is 261 g/mol. The van der Waals surface area contributed by atoms with Crippen LogP contribution >= 0.6 is 0 Å². The Hall–Kier alpha value is -1.86. The lowest BCUT2D eigenvalue weighted by Crippen LogP contribution is -2.44. The summed E-state index contributed by atoms with van der Waals surface area (Å²) in [4.78, 5) is 0. The van der Waals surface area contributed by atoms with Crippen LogP contribution in [0.2, 0.25) is 0 Å². The topological polar surface area (TPSA) is 12.0 Å². The van der Waals surface area contributed by atoms with Crippen molar-refractivity contribution in [2.45, 2.75) is 24.3 Å². The van der Waals surface area contributed by atoms with Crippen molar-refractivity contribution in [3.63, 3.8) is 0 Å². The zero-order chi connectivity index (χ0) is 13.6. The molecule has 100 valence electrons. The van der Waals surface area contributed by atoms with E-state index in [1.807, 2.05) is 0 Å². The minimum absolute atomic E-state index is 0.0575. The quantitative estimate of drug-likeness (QED) is 0.812. The highest BCUT2D eigenvalue weighted by Crippen LogP contribution is 2.47. The second kappa shape index (κ2) is 4.32. The van der Waals surface area contributed by atoms with E-state index in [0.29, 0.717) is 6.04 Å². The summed E-state index contributed by atoms with van der Waals surface area (Å²) >= 11 is 0. The molecular formula is C19H19N. The van der Waals surface area contributed by atoms with E-state index in [9.17, 15) is 0 Å². The first-order chi connectivity index (χ1) is 9.85. The fraction of sp³-hybridized carbons (Fsp3) is 0.263. The van der Waals surface area contributed by atoms with Crippen molar-refractivity contribution >= 4 is 0 Å². The third-order valence-electron chi connectivity index (χ3n) is 4.95. The lowest BCUT2D eigenvalue weighted by Gasteiger charge is -2.40. The molecule has 0 fully saturated rings. The van der Waals surface area contributed by atoms with E-state index in [1.54, 1.807) is 0 Å². The van der Waals surface area contributed by atoms with Gasteiger partial charge in [0, 0.05) is 18.0 Å². The van der Waals surface area contributed by atoms with Crippen molar-refractivity contribution in [1.29, 1.82) is 0 Å². The molecule has 0 saturated carbocycles. The molecule has 2 aromatic rings. The van der Waals surface area contributed by atoms with Gasteiger partial charge < -0.3 is 5.32 Å². The van der Waals surface area contributed by atoms with Crippen LogP contribution < -0.4 is 5.32 Å². The maximum absolute atomic E-state index is 4.01. The fourth-order valence-corrected chi connectivity index (χ4v) is 4.09. The smallest absolute Gasteiger partial charge is 0.0367 e. The van der Waals surface area contributed by atoms with Crippen LogP contribution in [0.25, 0.3) is 0 Å². The Kier molecular flexibility index (Phi) is 2.58. The van der Waals surface area contributed by atoms with Crippen LogP contribution in [0.1, 0.15) is 34.7 Å². The van der Waals surface area contributed by atoms with Gasteiger partial charge in [-0.25, -0.2) is 0 Å². The van der Waals surface area contributed by atoms with Gasteiger partial charge in [0.1, 0.15) is 0 Å². The Bertz CT molecular complexity index is 673. The third-order valence-corrected chi connectivity index (χ3v) is 4.95. The molecule has 2 atom stereocenters. The molecule has 1 nitrogen and oxygen atoms in total. The van der Waals surface area contributed by atoms with E-state index in [1.165, 1.54) is 22.3 Å². The zero-order valence-electron chi connectivity index (χ0n) is 11.6. The zero-order valence-corrected chi connectivity index (χ0v) is 11.6. The van der Waals surface area contributed by atoms with E-state index in [4.69, 9.17) is 0 Å². The van der Waals surface area contributed by atoms with Crippen molar-refractivity contribution in [2.75, 3.05) is 6.54 Å². The van der Waals surface area contributed by atoms with Crippen molar-refractivity contribution in [3.05, 3.63) is 83.4 Å². The van der Waals surface area contributed by atoms with Crippen molar-refractivity contribution in [2.24, 2.45) is 0 Å². The highest BCUT2D eigenvalue weighted by molar-refractivity contribution is 5.54. The molecular weight excluding hydrogens is 242 g/mol. The number of rotatable bonds is 2. The molecule has 2 aromatic carbocycles. The molecule has 1 heteroatoms. The molecule has 0 spiro atoms. The van der Waals surface area contributed by atoms with Crippen LogP contribution in [0.3, 0.4) is 0 Å². The molecule has 5 rings (SSSR count). The van der Waals surface area contributed by atoms with Gasteiger partial charge in [-0.3, -0.25) is 0 Å².